The van der Waals surface area contributed by atoms with Crippen molar-refractivity contribution in [2.24, 2.45) is 5.73 Å². The lowest BCUT2D eigenvalue weighted by Gasteiger charge is -2.24. The molecule has 3 amide bonds. The monoisotopic (exact) mass is 575 g/mol. The maximum atomic E-state index is 13.5. The van der Waals surface area contributed by atoms with Gasteiger partial charge in [-0.15, -0.1) is 0 Å². The summed E-state index contributed by atoms with van der Waals surface area (Å²) in [5.41, 5.74) is 8.97. The summed E-state index contributed by atoms with van der Waals surface area (Å²) in [7, 11) is 0. The largest absolute Gasteiger partial charge is 0.480 e. The van der Waals surface area contributed by atoms with E-state index in [9.17, 15) is 29.4 Å². The highest BCUT2D eigenvalue weighted by molar-refractivity contribution is 5.95. The number of nitrogens with one attached hydrogen (secondary N) is 5. The lowest BCUT2D eigenvalue weighted by molar-refractivity contribution is -0.142. The number of aliphatic hydroxyl groups excluding tert-OH is 1. The van der Waals surface area contributed by atoms with Crippen molar-refractivity contribution < 1.29 is 29.4 Å². The molecule has 0 saturated heterocycles. The number of carbonyl (C=O) groups is 4. The Kier molecular flexibility index (Phi) is 10.0. The van der Waals surface area contributed by atoms with Crippen molar-refractivity contribution in [1.82, 2.24) is 30.9 Å². The smallest absolute Gasteiger partial charge is 0.326 e. The minimum Gasteiger partial charge on any atom is -0.480 e. The number of fused-ring (bicyclic) bond motifs is 1. The number of aromatic amines is 2. The summed E-state index contributed by atoms with van der Waals surface area (Å²) in [4.78, 5) is 61.2. The third-order valence-electron chi connectivity index (χ3n) is 6.78. The number of carbonyl (C=O) groups excluding carboxylic acids is 3. The Balaban J connectivity index is 1.48. The number of hydrogen-bond donors (Lipinski definition) is 8. The highest BCUT2D eigenvalue weighted by atomic mass is 16.4. The summed E-state index contributed by atoms with van der Waals surface area (Å²) in [5.74, 6) is -3.52. The Hall–Kier alpha value is -5.01. The molecule has 2 aromatic carbocycles. The number of aliphatic hydroxyl groups is 1. The number of carboxylic acid groups (broad SMARTS) is 1. The summed E-state index contributed by atoms with van der Waals surface area (Å²) in [6.45, 7) is -0.803. The van der Waals surface area contributed by atoms with E-state index in [1.54, 1.807) is 36.5 Å². The van der Waals surface area contributed by atoms with Crippen LogP contribution in [0.4, 0.5) is 0 Å². The first-order valence-electron chi connectivity index (χ1n) is 13.3. The summed E-state index contributed by atoms with van der Waals surface area (Å²) in [6.07, 6.45) is 4.91. The highest BCUT2D eigenvalue weighted by Crippen LogP contribution is 2.19. The molecular formula is C29H33N7O6. The van der Waals surface area contributed by atoms with E-state index in [-0.39, 0.29) is 19.3 Å². The number of rotatable bonds is 14. The minimum atomic E-state index is -1.48. The lowest BCUT2D eigenvalue weighted by atomic mass is 10.0. The SMILES string of the molecule is NC(Cc1cnc[nH]1)C(=O)NC(Cc1c[nH]c2ccccc12)C(=O)NC(CO)C(=O)NC(Cc1ccccc1)C(=O)O. The van der Waals surface area contributed by atoms with Gasteiger partial charge in [0.05, 0.1) is 19.0 Å². The van der Waals surface area contributed by atoms with Crippen molar-refractivity contribution >= 4 is 34.6 Å². The first kappa shape index (κ1) is 30.0. The second kappa shape index (κ2) is 14.1. The van der Waals surface area contributed by atoms with Crippen LogP contribution in [0.3, 0.4) is 0 Å². The van der Waals surface area contributed by atoms with Crippen LogP contribution in [-0.2, 0) is 38.4 Å². The van der Waals surface area contributed by atoms with Crippen LogP contribution in [0.5, 0.6) is 0 Å². The van der Waals surface area contributed by atoms with Gasteiger partial charge in [-0.2, -0.15) is 0 Å². The first-order chi connectivity index (χ1) is 20.2. The number of nitrogens with zero attached hydrogens (tertiary/aromatic N) is 1. The molecule has 0 radical (unpaired) electrons. The van der Waals surface area contributed by atoms with Gasteiger partial charge in [0.1, 0.15) is 18.1 Å². The molecule has 0 spiro atoms. The molecule has 0 bridgehead atoms. The van der Waals surface area contributed by atoms with Gasteiger partial charge in [0.25, 0.3) is 0 Å². The average molecular weight is 576 g/mol. The summed E-state index contributed by atoms with van der Waals surface area (Å²) >= 11 is 0. The molecule has 4 atom stereocenters. The Morgan fingerprint density at radius 1 is 0.810 bits per heavy atom. The van der Waals surface area contributed by atoms with E-state index in [0.717, 1.165) is 16.5 Å². The zero-order valence-electron chi connectivity index (χ0n) is 22.6. The minimum absolute atomic E-state index is 0.00146. The summed E-state index contributed by atoms with van der Waals surface area (Å²) in [5, 5.41) is 27.9. The zero-order valence-corrected chi connectivity index (χ0v) is 22.6. The lowest BCUT2D eigenvalue weighted by Crippen LogP contribution is -2.58. The second-order valence-electron chi connectivity index (χ2n) is 9.85. The fourth-order valence-electron chi connectivity index (χ4n) is 4.52. The molecule has 13 nitrogen and oxygen atoms in total. The number of nitrogens with two attached hydrogens (primary N) is 1. The molecule has 0 saturated carbocycles. The fourth-order valence-corrected chi connectivity index (χ4v) is 4.52. The number of aliphatic carboxylic acids is 1. The number of imidazole rings is 1. The first-order valence-corrected chi connectivity index (χ1v) is 13.3. The molecule has 0 aliphatic carbocycles. The summed E-state index contributed by atoms with van der Waals surface area (Å²) < 4.78 is 0. The molecule has 9 N–H and O–H groups in total. The third kappa shape index (κ3) is 7.80. The zero-order chi connectivity index (χ0) is 30.1. The normalized spacial score (nSPS) is 14.0. The third-order valence-corrected chi connectivity index (χ3v) is 6.78. The van der Waals surface area contributed by atoms with Crippen molar-refractivity contribution in [2.75, 3.05) is 6.61 Å². The number of aromatic nitrogens is 3. The summed E-state index contributed by atoms with van der Waals surface area (Å²) in [6, 6.07) is 11.2. The van der Waals surface area contributed by atoms with Crippen LogP contribution in [0.25, 0.3) is 10.9 Å². The van der Waals surface area contributed by atoms with Crippen LogP contribution in [0.2, 0.25) is 0 Å². The Bertz CT molecular complexity index is 1510. The molecule has 42 heavy (non-hydrogen) atoms. The number of carboxylic acids is 1. The van der Waals surface area contributed by atoms with Crippen LogP contribution >= 0.6 is 0 Å². The predicted octanol–water partition coefficient (Wildman–Crippen LogP) is -0.222. The van der Waals surface area contributed by atoms with Gasteiger partial charge in [-0.05, 0) is 17.2 Å². The van der Waals surface area contributed by atoms with E-state index in [2.05, 4.69) is 30.9 Å². The van der Waals surface area contributed by atoms with Gasteiger partial charge in [-0.1, -0.05) is 48.5 Å². The van der Waals surface area contributed by atoms with Gasteiger partial charge in [-0.3, -0.25) is 14.4 Å². The maximum absolute atomic E-state index is 13.5. The number of benzene rings is 2. The number of amides is 3. The molecule has 13 heteroatoms. The van der Waals surface area contributed by atoms with E-state index >= 15 is 0 Å². The van der Waals surface area contributed by atoms with Gasteiger partial charge < -0.3 is 41.9 Å². The number of para-hydroxylation sites is 1. The molecule has 4 aromatic rings. The molecule has 4 unspecified atom stereocenters. The Morgan fingerprint density at radius 2 is 1.48 bits per heavy atom. The average Bonchev–Trinajstić information content (AvgIpc) is 3.65. The van der Waals surface area contributed by atoms with E-state index in [1.165, 1.54) is 12.5 Å². The van der Waals surface area contributed by atoms with E-state index in [0.29, 0.717) is 11.3 Å². The Morgan fingerprint density at radius 3 is 2.17 bits per heavy atom. The standard InChI is InChI=1S/C29H33N7O6/c30-21(12-19-14-31-16-33-19)26(38)34-23(11-18-13-32-22-9-5-4-8-20(18)22)27(39)36-25(15-37)28(40)35-24(29(41)42)10-17-6-2-1-3-7-17/h1-9,13-14,16,21,23-25,32,37H,10-12,15,30H2,(H,31,33)(H,34,38)(H,35,40)(H,36,39)(H,41,42). The van der Waals surface area contributed by atoms with Crippen LogP contribution in [-0.4, -0.2) is 79.6 Å². The Labute approximate surface area is 240 Å². The van der Waals surface area contributed by atoms with Gasteiger partial charge >= 0.3 is 5.97 Å². The molecule has 0 fully saturated rings. The van der Waals surface area contributed by atoms with Crippen molar-refractivity contribution in [3.63, 3.8) is 0 Å². The molecule has 2 aromatic heterocycles. The number of hydrogen-bond acceptors (Lipinski definition) is 7. The maximum Gasteiger partial charge on any atom is 0.326 e. The molecule has 220 valence electrons. The van der Waals surface area contributed by atoms with Crippen LogP contribution in [0.1, 0.15) is 16.8 Å². The highest BCUT2D eigenvalue weighted by Gasteiger charge is 2.31. The van der Waals surface area contributed by atoms with Crippen LogP contribution < -0.4 is 21.7 Å². The number of H-pyrrole nitrogens is 2. The second-order valence-corrected chi connectivity index (χ2v) is 9.85. The fraction of sp³-hybridized carbons (Fsp3) is 0.276. The van der Waals surface area contributed by atoms with Gasteiger partial charge in [-0.25, -0.2) is 9.78 Å². The van der Waals surface area contributed by atoms with Crippen molar-refractivity contribution in [3.05, 3.63) is 90.1 Å². The predicted molar refractivity (Wildman–Crippen MR) is 153 cm³/mol. The van der Waals surface area contributed by atoms with E-state index in [4.69, 9.17) is 5.73 Å². The van der Waals surface area contributed by atoms with Crippen LogP contribution in [0.15, 0.2) is 73.3 Å². The van der Waals surface area contributed by atoms with Crippen LogP contribution in [0, 0.1) is 0 Å². The van der Waals surface area contributed by atoms with Gasteiger partial charge in [0.2, 0.25) is 17.7 Å². The van der Waals surface area contributed by atoms with Crippen molar-refractivity contribution in [3.8, 4) is 0 Å². The van der Waals surface area contributed by atoms with Gasteiger partial charge in [0.15, 0.2) is 0 Å². The van der Waals surface area contributed by atoms with Crippen molar-refractivity contribution in [1.29, 1.82) is 0 Å². The molecular weight excluding hydrogens is 542 g/mol. The molecule has 4 rings (SSSR count). The quantitative estimate of drug-likeness (QED) is 0.100. The van der Waals surface area contributed by atoms with Gasteiger partial charge in [0, 0.05) is 48.3 Å². The molecule has 2 heterocycles. The van der Waals surface area contributed by atoms with E-state index < -0.39 is 54.5 Å². The van der Waals surface area contributed by atoms with E-state index in [1.807, 2.05) is 24.3 Å². The topological polar surface area (TPSA) is 215 Å². The van der Waals surface area contributed by atoms with Crippen molar-refractivity contribution in [2.45, 2.75) is 43.4 Å². The molecule has 0 aliphatic heterocycles. The molecule has 0 aliphatic rings.